The van der Waals surface area contributed by atoms with E-state index in [1.54, 1.807) is 0 Å². The van der Waals surface area contributed by atoms with E-state index in [4.69, 9.17) is 30.6 Å². The summed E-state index contributed by atoms with van der Waals surface area (Å²) in [5, 5.41) is 30.7. The number of nitrogens with zero attached hydrogens (tertiary/aromatic N) is 12. The van der Waals surface area contributed by atoms with Crippen LogP contribution >= 0.6 is 0 Å². The summed E-state index contributed by atoms with van der Waals surface area (Å²) in [5.41, 5.74) is 18.6. The first-order chi connectivity index (χ1) is 36.2. The Bertz CT molecular complexity index is 3160. The fourth-order valence-corrected chi connectivity index (χ4v) is 10.0. The molecule has 12 nitrogen and oxygen atoms in total. The minimum absolute atomic E-state index is 0. The Balaban J connectivity index is 0.000000169. The molecule has 0 fully saturated rings. The molecule has 12 rings (SSSR count). The van der Waals surface area contributed by atoms with Crippen LogP contribution in [0.3, 0.4) is 0 Å². The van der Waals surface area contributed by atoms with E-state index in [0.29, 0.717) is 0 Å². The van der Waals surface area contributed by atoms with Crippen LogP contribution in [0.5, 0.6) is 0 Å². The van der Waals surface area contributed by atoms with Crippen LogP contribution in [0, 0.1) is 41.5 Å². The van der Waals surface area contributed by atoms with E-state index in [9.17, 15) is 0 Å². The van der Waals surface area contributed by atoms with Crippen LogP contribution in [0.4, 0.5) is 0 Å². The predicted octanol–water partition coefficient (Wildman–Crippen LogP) is 11.7. The standard InChI is InChI=1S/2C30H28BN6.Fe/c2*1-22-19-28(25-13-7-4-8-14-25)32-35(22)31(36-23(2)20-29(33-36)26-15-9-5-10-16-26)37-24(3)21-30(34-37)27-17-11-6-12-18-27;/h2*4-21,31H,1-3H3;/q2*-1;+2. The van der Waals surface area contributed by atoms with Crippen molar-refractivity contribution in [3.63, 3.8) is 0 Å². The molecule has 0 spiro atoms. The van der Waals surface area contributed by atoms with Crippen LogP contribution in [0.2, 0.25) is 0 Å². The Morgan fingerprint density at radius 2 is 0.360 bits per heavy atom. The third-order valence-electron chi connectivity index (χ3n) is 13.9. The number of hydrogen-bond acceptors (Lipinski definition) is 6. The molecule has 0 aliphatic rings. The van der Waals surface area contributed by atoms with Gasteiger partial charge in [-0.15, -0.1) is 0 Å². The van der Waals surface area contributed by atoms with Gasteiger partial charge in [0.15, 0.2) is 0 Å². The summed E-state index contributed by atoms with van der Waals surface area (Å²) in [4.78, 5) is 0. The number of aromatic nitrogens is 12. The summed E-state index contributed by atoms with van der Waals surface area (Å²) in [7, 11) is -3.11. The first-order valence-corrected chi connectivity index (χ1v) is 25.2. The Morgan fingerprint density at radius 3 is 0.493 bits per heavy atom. The average Bonchev–Trinajstić information content (AvgIpc) is 4.33. The van der Waals surface area contributed by atoms with Gasteiger partial charge in [0.05, 0.1) is 34.2 Å². The Hall–Kier alpha value is -8.77. The van der Waals surface area contributed by atoms with Crippen LogP contribution in [-0.4, -0.2) is 72.4 Å². The van der Waals surface area contributed by atoms with E-state index in [2.05, 4.69) is 178 Å². The van der Waals surface area contributed by atoms with Gasteiger partial charge < -0.3 is 27.6 Å². The van der Waals surface area contributed by atoms with Crippen molar-refractivity contribution in [2.45, 2.75) is 41.5 Å². The fraction of sp³-hybridized carbons (Fsp3) is 0.100. The van der Waals surface area contributed by atoms with E-state index in [1.165, 1.54) is 0 Å². The maximum atomic E-state index is 5.11. The van der Waals surface area contributed by atoms with Crippen molar-refractivity contribution in [1.82, 2.24) is 58.1 Å². The molecule has 0 unspecified atom stereocenters. The predicted molar refractivity (Wildman–Crippen MR) is 301 cm³/mol. The molecule has 0 atom stereocenters. The summed E-state index contributed by atoms with van der Waals surface area (Å²) in [6.45, 7) is 12.6. The van der Waals surface area contributed by atoms with Crippen molar-refractivity contribution in [2.75, 3.05) is 0 Å². The summed E-state index contributed by atoms with van der Waals surface area (Å²) in [6.07, 6.45) is 0. The summed E-state index contributed by atoms with van der Waals surface area (Å²) >= 11 is 0. The van der Waals surface area contributed by atoms with E-state index in [-0.39, 0.29) is 17.1 Å². The SMILES string of the molecule is Cc1cc(-c2ccccc2)nn1[BH-](n1nc(-c2ccccc2)cc1C)n1nc(-c2ccccc2)cc1C.Cc1cc(-c2ccccc2)nn1[BH-](n1nc(-c2ccccc2)cc1C)n1nc(-c2ccccc2)cc1C.[Fe+2]. The molecule has 0 radical (unpaired) electrons. The third kappa shape index (κ3) is 10.3. The van der Waals surface area contributed by atoms with Crippen LogP contribution in [0.1, 0.15) is 34.2 Å². The fourth-order valence-electron chi connectivity index (χ4n) is 10.0. The molecule has 0 bridgehead atoms. The van der Waals surface area contributed by atoms with Gasteiger partial charge in [-0.1, -0.05) is 182 Å². The maximum Gasteiger partial charge on any atom is 2.00 e. The Labute approximate surface area is 448 Å². The van der Waals surface area contributed by atoms with E-state index >= 15 is 0 Å². The van der Waals surface area contributed by atoms with E-state index in [0.717, 1.165) is 102 Å². The Morgan fingerprint density at radius 1 is 0.227 bits per heavy atom. The van der Waals surface area contributed by atoms with Crippen LogP contribution in [-0.2, 0) is 17.1 Å². The molecule has 370 valence electrons. The number of rotatable bonds is 12. The summed E-state index contributed by atoms with van der Waals surface area (Å²) in [6, 6.07) is 74.6. The Kier molecular flexibility index (Phi) is 14.4. The zero-order valence-electron chi connectivity index (χ0n) is 42.9. The van der Waals surface area contributed by atoms with E-state index < -0.39 is 14.2 Å². The molecule has 0 aliphatic carbocycles. The van der Waals surface area contributed by atoms with Crippen LogP contribution < -0.4 is 0 Å². The minimum atomic E-state index is -1.55. The van der Waals surface area contributed by atoms with Gasteiger partial charge >= 0.3 is 31.3 Å². The van der Waals surface area contributed by atoms with Crippen LogP contribution in [0.25, 0.3) is 67.5 Å². The van der Waals surface area contributed by atoms with Crippen molar-refractivity contribution in [2.24, 2.45) is 0 Å². The maximum absolute atomic E-state index is 5.11. The normalized spacial score (nSPS) is 11.2. The molecule has 6 aromatic carbocycles. The quantitative estimate of drug-likeness (QED) is 0.113. The van der Waals surface area contributed by atoms with Crippen LogP contribution in [0.15, 0.2) is 218 Å². The molecule has 0 saturated heterocycles. The molecule has 0 aliphatic heterocycles. The second kappa shape index (κ2) is 21.8. The van der Waals surface area contributed by atoms with Gasteiger partial charge in [-0.3, -0.25) is 0 Å². The summed E-state index contributed by atoms with van der Waals surface area (Å²) < 4.78 is 12.6. The molecule has 12 aromatic rings. The second-order valence-electron chi connectivity index (χ2n) is 19.1. The topological polar surface area (TPSA) is 107 Å². The van der Waals surface area contributed by atoms with Crippen molar-refractivity contribution >= 4 is 14.2 Å². The van der Waals surface area contributed by atoms with Gasteiger partial charge in [0.1, 0.15) is 0 Å². The van der Waals surface area contributed by atoms with Crippen molar-refractivity contribution < 1.29 is 17.1 Å². The monoisotopic (exact) mass is 1020 g/mol. The van der Waals surface area contributed by atoms with Gasteiger partial charge in [0, 0.05) is 33.4 Å². The number of benzene rings is 6. The molecule has 0 N–H and O–H groups in total. The summed E-state index contributed by atoms with van der Waals surface area (Å²) in [5.74, 6) is 0. The smallest absolute Gasteiger partial charge is 0.400 e. The van der Waals surface area contributed by atoms with Crippen molar-refractivity contribution in [1.29, 1.82) is 0 Å². The van der Waals surface area contributed by atoms with Gasteiger partial charge in [-0.05, 0) is 112 Å². The van der Waals surface area contributed by atoms with Gasteiger partial charge in [-0.25, -0.2) is 30.6 Å². The molecule has 6 heterocycles. The molecule has 6 aromatic heterocycles. The average molecular weight is 1020 g/mol. The number of hydrogen-bond donors (Lipinski definition) is 0. The molecule has 75 heavy (non-hydrogen) atoms. The number of aryl methyl sites for hydroxylation is 6. The van der Waals surface area contributed by atoms with Crippen molar-refractivity contribution in [3.8, 4) is 67.5 Å². The van der Waals surface area contributed by atoms with Gasteiger partial charge in [0.25, 0.3) is 0 Å². The third-order valence-corrected chi connectivity index (χ3v) is 13.9. The minimum Gasteiger partial charge on any atom is -0.400 e. The van der Waals surface area contributed by atoms with E-state index in [1.807, 2.05) is 109 Å². The second-order valence-corrected chi connectivity index (χ2v) is 19.1. The molecular weight excluding hydrogens is 966 g/mol. The molecular formula is C60H56B2FeN12. The van der Waals surface area contributed by atoms with Gasteiger partial charge in [0.2, 0.25) is 0 Å². The zero-order valence-corrected chi connectivity index (χ0v) is 44.0. The zero-order chi connectivity index (χ0) is 50.7. The van der Waals surface area contributed by atoms with Crippen molar-refractivity contribution in [3.05, 3.63) is 253 Å². The largest absolute Gasteiger partial charge is 2.00 e. The molecule has 0 amide bonds. The molecule has 15 heteroatoms. The first-order valence-electron chi connectivity index (χ1n) is 25.2. The molecule has 0 saturated carbocycles. The van der Waals surface area contributed by atoms with Gasteiger partial charge in [-0.2, -0.15) is 0 Å². The first kappa shape index (κ1) is 49.8.